The highest BCUT2D eigenvalue weighted by atomic mass is 16.5. The molecule has 0 fully saturated rings. The smallest absolute Gasteiger partial charge is 0.0800 e. The van der Waals surface area contributed by atoms with Crippen LogP contribution in [0.3, 0.4) is 0 Å². The minimum atomic E-state index is 0.206. The molecule has 0 aliphatic carbocycles. The molecule has 1 aromatic carbocycles. The number of benzene rings is 1. The summed E-state index contributed by atoms with van der Waals surface area (Å²) in [7, 11) is 0. The van der Waals surface area contributed by atoms with E-state index in [0.29, 0.717) is 6.10 Å². The number of hydrogen-bond acceptors (Lipinski definition) is 1. The Hall–Kier alpha value is -0.820. The summed E-state index contributed by atoms with van der Waals surface area (Å²) in [6, 6.07) is 10.4. The Labute approximate surface area is 87.1 Å². The number of hydrogen-bond donors (Lipinski definition) is 0. The van der Waals surface area contributed by atoms with Crippen LogP contribution in [0.4, 0.5) is 0 Å². The molecule has 0 N–H and O–H groups in total. The molecule has 0 radical (unpaired) electrons. The third-order valence-electron chi connectivity index (χ3n) is 2.40. The van der Waals surface area contributed by atoms with Crippen LogP contribution in [0.1, 0.15) is 45.3 Å². The summed E-state index contributed by atoms with van der Waals surface area (Å²) in [5, 5.41) is 0. The molecule has 1 nitrogen and oxygen atoms in total. The van der Waals surface area contributed by atoms with E-state index in [0.717, 1.165) is 6.42 Å². The molecule has 0 aliphatic heterocycles. The number of ether oxygens (including phenoxy) is 1. The minimum Gasteiger partial charge on any atom is -0.371 e. The first-order valence-electron chi connectivity index (χ1n) is 5.44. The van der Waals surface area contributed by atoms with Gasteiger partial charge in [-0.2, -0.15) is 0 Å². The monoisotopic (exact) mass is 192 g/mol. The van der Waals surface area contributed by atoms with Gasteiger partial charge in [0.15, 0.2) is 0 Å². The first-order valence-corrected chi connectivity index (χ1v) is 5.44. The van der Waals surface area contributed by atoms with Crippen LogP contribution in [0.25, 0.3) is 0 Å². The summed E-state index contributed by atoms with van der Waals surface area (Å²) in [4.78, 5) is 0. The van der Waals surface area contributed by atoms with Crippen molar-refractivity contribution in [1.29, 1.82) is 0 Å². The van der Waals surface area contributed by atoms with Gasteiger partial charge in [0.05, 0.1) is 12.2 Å². The summed E-state index contributed by atoms with van der Waals surface area (Å²) < 4.78 is 5.88. The average molecular weight is 192 g/mol. The lowest BCUT2D eigenvalue weighted by molar-refractivity contribution is 0.00258. The average Bonchev–Trinajstić information content (AvgIpc) is 2.19. The minimum absolute atomic E-state index is 0.206. The molecule has 0 unspecified atom stereocenters. The zero-order chi connectivity index (χ0) is 10.4. The standard InChI is InChI=1S/C13H20O/c1-4-8-11(2)14-12(3)13-9-6-5-7-10-13/h5-7,9-12H,4,8H2,1-3H3/t11-,12+/m0/s1. The predicted molar refractivity (Wildman–Crippen MR) is 60.3 cm³/mol. The Morgan fingerprint density at radius 3 is 2.36 bits per heavy atom. The Kier molecular flexibility index (Phi) is 4.68. The van der Waals surface area contributed by atoms with Gasteiger partial charge in [0.2, 0.25) is 0 Å². The molecule has 0 spiro atoms. The zero-order valence-corrected chi connectivity index (χ0v) is 9.36. The summed E-state index contributed by atoms with van der Waals surface area (Å²) >= 11 is 0. The van der Waals surface area contributed by atoms with Crippen LogP contribution in [-0.4, -0.2) is 6.10 Å². The van der Waals surface area contributed by atoms with Crippen molar-refractivity contribution in [2.45, 2.75) is 45.8 Å². The summed E-state index contributed by atoms with van der Waals surface area (Å²) in [6.07, 6.45) is 2.88. The molecule has 0 aliphatic rings. The lowest BCUT2D eigenvalue weighted by atomic mass is 10.1. The third-order valence-corrected chi connectivity index (χ3v) is 2.40. The van der Waals surface area contributed by atoms with E-state index < -0.39 is 0 Å². The van der Waals surface area contributed by atoms with E-state index in [2.05, 4.69) is 45.0 Å². The first kappa shape index (κ1) is 11.3. The van der Waals surface area contributed by atoms with E-state index in [4.69, 9.17) is 4.74 Å². The molecule has 1 aromatic rings. The zero-order valence-electron chi connectivity index (χ0n) is 9.36. The second-order valence-corrected chi connectivity index (χ2v) is 3.79. The fourth-order valence-corrected chi connectivity index (χ4v) is 1.63. The van der Waals surface area contributed by atoms with Crippen molar-refractivity contribution < 1.29 is 4.74 Å². The van der Waals surface area contributed by atoms with Crippen molar-refractivity contribution in [3.8, 4) is 0 Å². The van der Waals surface area contributed by atoms with E-state index in [1.54, 1.807) is 0 Å². The lowest BCUT2D eigenvalue weighted by Gasteiger charge is -2.18. The van der Waals surface area contributed by atoms with Crippen LogP contribution in [0, 0.1) is 0 Å². The molecule has 0 saturated heterocycles. The van der Waals surface area contributed by atoms with Crippen LogP contribution >= 0.6 is 0 Å². The third kappa shape index (κ3) is 3.51. The van der Waals surface area contributed by atoms with E-state index >= 15 is 0 Å². The molecule has 0 amide bonds. The van der Waals surface area contributed by atoms with Gasteiger partial charge in [-0.25, -0.2) is 0 Å². The molecule has 0 bridgehead atoms. The van der Waals surface area contributed by atoms with Crippen molar-refractivity contribution in [3.63, 3.8) is 0 Å². The van der Waals surface area contributed by atoms with E-state index in [-0.39, 0.29) is 6.10 Å². The highest BCUT2D eigenvalue weighted by Crippen LogP contribution is 2.19. The van der Waals surface area contributed by atoms with Crippen LogP contribution in [-0.2, 0) is 4.74 Å². The first-order chi connectivity index (χ1) is 6.74. The molecular formula is C13H20O. The highest BCUT2D eigenvalue weighted by Gasteiger charge is 2.08. The Morgan fingerprint density at radius 1 is 1.14 bits per heavy atom. The molecule has 1 rings (SSSR count). The Morgan fingerprint density at radius 2 is 1.79 bits per heavy atom. The molecule has 1 heteroatoms. The second kappa shape index (κ2) is 5.82. The van der Waals surface area contributed by atoms with E-state index in [1.807, 2.05) is 6.07 Å². The summed E-state index contributed by atoms with van der Waals surface area (Å²) in [5.41, 5.74) is 1.26. The lowest BCUT2D eigenvalue weighted by Crippen LogP contribution is -2.11. The van der Waals surface area contributed by atoms with Crippen molar-refractivity contribution in [2.75, 3.05) is 0 Å². The van der Waals surface area contributed by atoms with Crippen molar-refractivity contribution in [3.05, 3.63) is 35.9 Å². The molecule has 0 saturated carbocycles. The maximum absolute atomic E-state index is 5.88. The Balaban J connectivity index is 2.46. The van der Waals surface area contributed by atoms with Crippen molar-refractivity contribution in [2.24, 2.45) is 0 Å². The topological polar surface area (TPSA) is 9.23 Å². The van der Waals surface area contributed by atoms with Gasteiger partial charge in [-0.15, -0.1) is 0 Å². The quantitative estimate of drug-likeness (QED) is 0.686. The largest absolute Gasteiger partial charge is 0.371 e. The fourth-order valence-electron chi connectivity index (χ4n) is 1.63. The van der Waals surface area contributed by atoms with E-state index in [9.17, 15) is 0 Å². The molecular weight excluding hydrogens is 172 g/mol. The normalized spacial score (nSPS) is 15.1. The molecule has 0 heterocycles. The van der Waals surface area contributed by atoms with Crippen molar-refractivity contribution >= 4 is 0 Å². The maximum Gasteiger partial charge on any atom is 0.0800 e. The van der Waals surface area contributed by atoms with Crippen LogP contribution < -0.4 is 0 Å². The van der Waals surface area contributed by atoms with Crippen LogP contribution in [0.5, 0.6) is 0 Å². The van der Waals surface area contributed by atoms with Gasteiger partial charge in [0.1, 0.15) is 0 Å². The van der Waals surface area contributed by atoms with Gasteiger partial charge in [0.25, 0.3) is 0 Å². The summed E-state index contributed by atoms with van der Waals surface area (Å²) in [6.45, 7) is 6.44. The van der Waals surface area contributed by atoms with Gasteiger partial charge in [0, 0.05) is 0 Å². The maximum atomic E-state index is 5.88. The summed E-state index contributed by atoms with van der Waals surface area (Å²) in [5.74, 6) is 0. The van der Waals surface area contributed by atoms with Gasteiger partial charge >= 0.3 is 0 Å². The molecule has 14 heavy (non-hydrogen) atoms. The van der Waals surface area contributed by atoms with Gasteiger partial charge in [-0.1, -0.05) is 43.7 Å². The Bertz CT molecular complexity index is 243. The van der Waals surface area contributed by atoms with Gasteiger partial charge < -0.3 is 4.74 Å². The molecule has 0 aromatic heterocycles. The van der Waals surface area contributed by atoms with Gasteiger partial charge in [-0.05, 0) is 25.8 Å². The molecule has 78 valence electrons. The van der Waals surface area contributed by atoms with Crippen molar-refractivity contribution in [1.82, 2.24) is 0 Å². The second-order valence-electron chi connectivity index (χ2n) is 3.79. The van der Waals surface area contributed by atoms with Gasteiger partial charge in [-0.3, -0.25) is 0 Å². The fraction of sp³-hybridized carbons (Fsp3) is 0.538. The number of rotatable bonds is 5. The molecule has 2 atom stereocenters. The highest BCUT2D eigenvalue weighted by molar-refractivity contribution is 5.16. The predicted octanol–water partition coefficient (Wildman–Crippen LogP) is 3.95. The van der Waals surface area contributed by atoms with Crippen LogP contribution in [0.15, 0.2) is 30.3 Å². The van der Waals surface area contributed by atoms with E-state index in [1.165, 1.54) is 12.0 Å². The SMILES string of the molecule is CCC[C@H](C)O[C@H](C)c1ccccc1. The van der Waals surface area contributed by atoms with Crippen LogP contribution in [0.2, 0.25) is 0 Å².